The summed E-state index contributed by atoms with van der Waals surface area (Å²) in [6.45, 7) is 6.37. The minimum Gasteiger partial charge on any atom is -0.298 e. The average molecular weight is 317 g/mol. The zero-order valence-electron chi connectivity index (χ0n) is 11.9. The number of nitrogens with zero attached hydrogens (tertiary/aromatic N) is 1. The fourth-order valence-corrected chi connectivity index (χ4v) is 4.17. The predicted molar refractivity (Wildman–Crippen MR) is 82.5 cm³/mol. The van der Waals surface area contributed by atoms with Crippen LogP contribution in [0.25, 0.3) is 0 Å². The highest BCUT2D eigenvalue weighted by molar-refractivity contribution is 7.90. The van der Waals surface area contributed by atoms with E-state index in [0.717, 1.165) is 29.2 Å². The molecule has 4 nitrogen and oxygen atoms in total. The summed E-state index contributed by atoms with van der Waals surface area (Å²) in [4.78, 5) is 2.17. The molecule has 1 aromatic carbocycles. The third-order valence-electron chi connectivity index (χ3n) is 3.66. The smallest absolute Gasteiger partial charge is 0.215 e. The molecule has 1 saturated heterocycles. The molecule has 0 saturated carbocycles. The molecule has 1 aliphatic heterocycles. The molecule has 1 aliphatic rings. The van der Waals surface area contributed by atoms with Gasteiger partial charge in [-0.05, 0) is 37.1 Å². The quantitative estimate of drug-likeness (QED) is 0.905. The van der Waals surface area contributed by atoms with Gasteiger partial charge in [0.05, 0.1) is 5.25 Å². The highest BCUT2D eigenvalue weighted by Gasteiger charge is 2.32. The summed E-state index contributed by atoms with van der Waals surface area (Å²) in [5.41, 5.74) is 2.19. The number of rotatable bonds is 5. The summed E-state index contributed by atoms with van der Waals surface area (Å²) >= 11 is 6.12. The van der Waals surface area contributed by atoms with Gasteiger partial charge in [0.1, 0.15) is 0 Å². The Morgan fingerprint density at radius 2 is 2.20 bits per heavy atom. The molecular formula is C14H21ClN2O2S. The predicted octanol–water partition coefficient (Wildman–Crippen LogP) is 2.16. The Morgan fingerprint density at radius 3 is 2.85 bits per heavy atom. The van der Waals surface area contributed by atoms with E-state index < -0.39 is 10.0 Å². The van der Waals surface area contributed by atoms with Crippen LogP contribution in [-0.2, 0) is 16.6 Å². The maximum Gasteiger partial charge on any atom is 0.215 e. The topological polar surface area (TPSA) is 49.4 Å². The van der Waals surface area contributed by atoms with Gasteiger partial charge in [0.2, 0.25) is 10.0 Å². The molecule has 0 aliphatic carbocycles. The van der Waals surface area contributed by atoms with Gasteiger partial charge >= 0.3 is 0 Å². The molecule has 1 fully saturated rings. The number of hydrogen-bond acceptors (Lipinski definition) is 3. The van der Waals surface area contributed by atoms with Crippen LogP contribution in [-0.4, -0.2) is 38.2 Å². The van der Waals surface area contributed by atoms with Crippen molar-refractivity contribution in [3.63, 3.8) is 0 Å². The van der Waals surface area contributed by atoms with Crippen LogP contribution >= 0.6 is 11.6 Å². The lowest BCUT2D eigenvalue weighted by molar-refractivity contribution is 0.331. The van der Waals surface area contributed by atoms with Crippen molar-refractivity contribution in [3.8, 4) is 0 Å². The average Bonchev–Trinajstić information content (AvgIpc) is 2.83. The minimum absolute atomic E-state index is 0.302. The van der Waals surface area contributed by atoms with Crippen LogP contribution in [0.15, 0.2) is 18.2 Å². The molecule has 0 bridgehead atoms. The lowest BCUT2D eigenvalue weighted by atomic mass is 10.1. The number of hydrogen-bond donors (Lipinski definition) is 1. The third kappa shape index (κ3) is 3.73. The van der Waals surface area contributed by atoms with Gasteiger partial charge in [0.15, 0.2) is 0 Å². The summed E-state index contributed by atoms with van der Waals surface area (Å²) in [5.74, 6) is 0. The van der Waals surface area contributed by atoms with E-state index in [4.69, 9.17) is 11.6 Å². The van der Waals surface area contributed by atoms with Crippen LogP contribution in [0, 0.1) is 6.92 Å². The SMILES string of the molecule is CCNS(=O)(=O)C1CCN(Cc2ccc(C)c(Cl)c2)C1. The van der Waals surface area contributed by atoms with Crippen molar-refractivity contribution < 1.29 is 8.42 Å². The number of halogens is 1. The first-order chi connectivity index (χ1) is 9.42. The third-order valence-corrected chi connectivity index (χ3v) is 6.02. The van der Waals surface area contributed by atoms with Crippen molar-refractivity contribution in [2.24, 2.45) is 0 Å². The first-order valence-corrected chi connectivity index (χ1v) is 8.80. The Kier molecular flexibility index (Phi) is 5.07. The Bertz CT molecular complexity index is 575. The van der Waals surface area contributed by atoms with E-state index in [0.29, 0.717) is 19.5 Å². The second kappa shape index (κ2) is 6.43. The molecule has 1 heterocycles. The van der Waals surface area contributed by atoms with Gasteiger partial charge in [-0.1, -0.05) is 30.7 Å². The van der Waals surface area contributed by atoms with Crippen molar-refractivity contribution >= 4 is 21.6 Å². The zero-order chi connectivity index (χ0) is 14.8. The molecule has 0 spiro atoms. The summed E-state index contributed by atoms with van der Waals surface area (Å²) in [5, 5.41) is 0.460. The fraction of sp³-hybridized carbons (Fsp3) is 0.571. The second-order valence-electron chi connectivity index (χ2n) is 5.27. The van der Waals surface area contributed by atoms with Crippen LogP contribution in [0.3, 0.4) is 0 Å². The van der Waals surface area contributed by atoms with Crippen LogP contribution < -0.4 is 4.72 Å². The van der Waals surface area contributed by atoms with Gasteiger partial charge in [0.25, 0.3) is 0 Å². The summed E-state index contributed by atoms with van der Waals surface area (Å²) in [6, 6.07) is 6.01. The number of sulfonamides is 1. The standard InChI is InChI=1S/C14H21ClN2O2S/c1-3-16-20(18,19)13-6-7-17(10-13)9-12-5-4-11(2)14(15)8-12/h4-5,8,13,16H,3,6-7,9-10H2,1-2H3. The van der Waals surface area contributed by atoms with E-state index in [2.05, 4.69) is 9.62 Å². The molecule has 1 atom stereocenters. The number of nitrogens with one attached hydrogen (secondary N) is 1. The summed E-state index contributed by atoms with van der Waals surface area (Å²) in [7, 11) is -3.17. The van der Waals surface area contributed by atoms with Gasteiger partial charge in [0, 0.05) is 24.7 Å². The first-order valence-electron chi connectivity index (χ1n) is 6.88. The molecule has 0 radical (unpaired) electrons. The van der Waals surface area contributed by atoms with E-state index in [1.54, 1.807) is 6.92 Å². The van der Waals surface area contributed by atoms with E-state index in [-0.39, 0.29) is 5.25 Å². The maximum absolute atomic E-state index is 12.0. The minimum atomic E-state index is -3.17. The highest BCUT2D eigenvalue weighted by Crippen LogP contribution is 2.21. The van der Waals surface area contributed by atoms with Crippen molar-refractivity contribution in [1.29, 1.82) is 0 Å². The van der Waals surface area contributed by atoms with Gasteiger partial charge in [-0.2, -0.15) is 0 Å². The van der Waals surface area contributed by atoms with Crippen LogP contribution in [0.2, 0.25) is 5.02 Å². The van der Waals surface area contributed by atoms with Crippen molar-refractivity contribution in [3.05, 3.63) is 34.3 Å². The van der Waals surface area contributed by atoms with E-state index in [1.165, 1.54) is 0 Å². The molecule has 0 aromatic heterocycles. The molecule has 2 rings (SSSR count). The molecule has 0 amide bonds. The van der Waals surface area contributed by atoms with E-state index in [1.807, 2.05) is 25.1 Å². The lowest BCUT2D eigenvalue weighted by Crippen LogP contribution is -2.36. The molecule has 1 unspecified atom stereocenters. The van der Waals surface area contributed by atoms with Crippen molar-refractivity contribution in [2.45, 2.75) is 32.1 Å². The van der Waals surface area contributed by atoms with Gasteiger partial charge < -0.3 is 0 Å². The second-order valence-corrected chi connectivity index (χ2v) is 7.72. The maximum atomic E-state index is 12.0. The normalized spacial score (nSPS) is 20.4. The largest absolute Gasteiger partial charge is 0.298 e. The van der Waals surface area contributed by atoms with Gasteiger partial charge in [-0.25, -0.2) is 13.1 Å². The summed E-state index contributed by atoms with van der Waals surface area (Å²) < 4.78 is 26.5. The monoisotopic (exact) mass is 316 g/mol. The Morgan fingerprint density at radius 1 is 1.45 bits per heavy atom. The highest BCUT2D eigenvalue weighted by atomic mass is 35.5. The van der Waals surface area contributed by atoms with Crippen LogP contribution in [0.5, 0.6) is 0 Å². The number of benzene rings is 1. The zero-order valence-corrected chi connectivity index (χ0v) is 13.5. The van der Waals surface area contributed by atoms with E-state index >= 15 is 0 Å². The molecule has 6 heteroatoms. The Hall–Kier alpha value is -0.620. The van der Waals surface area contributed by atoms with Gasteiger partial charge in [-0.15, -0.1) is 0 Å². The molecule has 112 valence electrons. The molecule has 20 heavy (non-hydrogen) atoms. The number of aryl methyl sites for hydroxylation is 1. The summed E-state index contributed by atoms with van der Waals surface area (Å²) in [6.07, 6.45) is 0.689. The molecule has 1 N–H and O–H groups in total. The van der Waals surface area contributed by atoms with E-state index in [9.17, 15) is 8.42 Å². The van der Waals surface area contributed by atoms with Gasteiger partial charge in [-0.3, -0.25) is 4.90 Å². The number of likely N-dealkylation sites (tertiary alicyclic amines) is 1. The Labute approximate surface area is 126 Å². The van der Waals surface area contributed by atoms with Crippen molar-refractivity contribution in [2.75, 3.05) is 19.6 Å². The lowest BCUT2D eigenvalue weighted by Gasteiger charge is -2.17. The van der Waals surface area contributed by atoms with Crippen LogP contribution in [0.4, 0.5) is 0 Å². The fourth-order valence-electron chi connectivity index (χ4n) is 2.51. The molecular weight excluding hydrogens is 296 g/mol. The van der Waals surface area contributed by atoms with Crippen LogP contribution in [0.1, 0.15) is 24.5 Å². The van der Waals surface area contributed by atoms with Crippen molar-refractivity contribution in [1.82, 2.24) is 9.62 Å². The molecule has 1 aromatic rings. The Balaban J connectivity index is 1.98. The first kappa shape index (κ1) is 15.8.